The van der Waals surface area contributed by atoms with Crippen LogP contribution in [0.4, 0.5) is 0 Å². The lowest BCUT2D eigenvalue weighted by Gasteiger charge is -2.45. The minimum Gasteiger partial charge on any atom is -0.507 e. The van der Waals surface area contributed by atoms with Crippen LogP contribution < -0.4 is 5.32 Å². The normalized spacial score (nSPS) is 28.7. The minimum atomic E-state index is -2.02. The predicted molar refractivity (Wildman–Crippen MR) is 138 cm³/mol. The summed E-state index contributed by atoms with van der Waals surface area (Å²) in [5.41, 5.74) is -0.293. The Kier molecular flexibility index (Phi) is 9.17. The monoisotopic (exact) mass is 508 g/mol. The van der Waals surface area contributed by atoms with Crippen LogP contribution in [0.1, 0.15) is 61.3 Å². The van der Waals surface area contributed by atoms with Crippen molar-refractivity contribution in [3.05, 3.63) is 23.5 Å². The zero-order chi connectivity index (χ0) is 26.9. The number of likely N-dealkylation sites (tertiary alicyclic amines) is 1. The van der Waals surface area contributed by atoms with E-state index in [0.29, 0.717) is 12.8 Å². The number of aliphatic hydroxyl groups is 1. The number of aliphatic hydroxyl groups excluding tert-OH is 1. The Labute approximate surface area is 211 Å². The predicted octanol–water partition coefficient (Wildman–Crippen LogP) is 4.09. The van der Waals surface area contributed by atoms with E-state index in [1.165, 1.54) is 18.0 Å². The van der Waals surface area contributed by atoms with Crippen molar-refractivity contribution in [1.82, 2.24) is 10.2 Å². The summed E-state index contributed by atoms with van der Waals surface area (Å²) in [6, 6.07) is -1.05. The fourth-order valence-corrected chi connectivity index (χ4v) is 5.67. The lowest BCUT2D eigenvalue weighted by Crippen LogP contribution is -2.56. The maximum absolute atomic E-state index is 13.5. The third-order valence-electron chi connectivity index (χ3n) is 7.45. The summed E-state index contributed by atoms with van der Waals surface area (Å²) in [7, 11) is -0.531. The molecule has 9 heteroatoms. The van der Waals surface area contributed by atoms with Crippen LogP contribution in [0.5, 0.6) is 0 Å². The topological polar surface area (TPSA) is 105 Å². The molecule has 0 radical (unpaired) electrons. The van der Waals surface area contributed by atoms with Crippen molar-refractivity contribution >= 4 is 25.9 Å². The van der Waals surface area contributed by atoms with Gasteiger partial charge in [-0.25, -0.2) is 0 Å². The second-order valence-corrected chi connectivity index (χ2v) is 16.3. The molecule has 0 spiro atoms. The standard InChI is InChI=1S/C26H44N2O6Si/c1-15(2)11-12-18(29)21-23(30)22(16(3)24(31)27-8)28(25(21)32)20-14-13-19(17(4)33-20)34-35(9,10)26(5,6)7/h11-12,15-17,19-20,22,29H,13-14H2,1-10H3,(H,27,31). The van der Waals surface area contributed by atoms with Crippen LogP contribution in [0.25, 0.3) is 0 Å². The van der Waals surface area contributed by atoms with E-state index in [4.69, 9.17) is 9.16 Å². The second kappa shape index (κ2) is 11.0. The third-order valence-corrected chi connectivity index (χ3v) is 12.0. The Bertz CT molecular complexity index is 889. The largest absolute Gasteiger partial charge is 0.507 e. The SMILES string of the molecule is CNC(=O)C(C)C1C(=O)C(=C(O)C=CC(C)C)C(=O)N1C1CCC(O[Si](C)(C)C(C)(C)C)C(C)O1. The van der Waals surface area contributed by atoms with Crippen molar-refractivity contribution in [2.45, 2.75) is 104 Å². The molecule has 2 N–H and O–H groups in total. The van der Waals surface area contributed by atoms with Gasteiger partial charge in [-0.3, -0.25) is 14.4 Å². The molecule has 2 aliphatic heterocycles. The highest BCUT2D eigenvalue weighted by atomic mass is 28.4. The van der Waals surface area contributed by atoms with Crippen LogP contribution >= 0.6 is 0 Å². The number of hydrogen-bond acceptors (Lipinski definition) is 6. The Hall–Kier alpha value is -1.97. The van der Waals surface area contributed by atoms with E-state index in [9.17, 15) is 19.5 Å². The van der Waals surface area contributed by atoms with Crippen LogP contribution in [-0.2, 0) is 23.5 Å². The molecule has 0 aliphatic carbocycles. The Morgan fingerprint density at radius 1 is 1.23 bits per heavy atom. The Balaban J connectivity index is 2.37. The lowest BCUT2D eigenvalue weighted by molar-refractivity contribution is -0.179. The number of carbonyl (C=O) groups excluding carboxylic acids is 3. The molecule has 2 amide bonds. The number of nitrogens with zero attached hydrogens (tertiary/aromatic N) is 1. The lowest BCUT2D eigenvalue weighted by atomic mass is 9.94. The van der Waals surface area contributed by atoms with Gasteiger partial charge in [-0.15, -0.1) is 0 Å². The smallest absolute Gasteiger partial charge is 0.264 e. The van der Waals surface area contributed by atoms with Gasteiger partial charge in [-0.2, -0.15) is 0 Å². The maximum Gasteiger partial charge on any atom is 0.264 e. The molecular formula is C26H44N2O6Si. The van der Waals surface area contributed by atoms with Crippen molar-refractivity contribution < 1.29 is 28.7 Å². The van der Waals surface area contributed by atoms with Gasteiger partial charge in [0, 0.05) is 7.05 Å². The molecule has 0 aromatic rings. The van der Waals surface area contributed by atoms with E-state index in [2.05, 4.69) is 39.2 Å². The van der Waals surface area contributed by atoms with E-state index in [0.717, 1.165) is 0 Å². The molecule has 2 aliphatic rings. The van der Waals surface area contributed by atoms with Gasteiger partial charge in [0.05, 0.1) is 18.1 Å². The highest BCUT2D eigenvalue weighted by Crippen LogP contribution is 2.40. The van der Waals surface area contributed by atoms with Crippen LogP contribution in [0.3, 0.4) is 0 Å². The van der Waals surface area contributed by atoms with Crippen LogP contribution in [0, 0.1) is 11.8 Å². The number of ketones is 1. The van der Waals surface area contributed by atoms with Gasteiger partial charge < -0.3 is 24.5 Å². The number of allylic oxidation sites excluding steroid dienone is 2. The summed E-state index contributed by atoms with van der Waals surface area (Å²) >= 11 is 0. The van der Waals surface area contributed by atoms with E-state index in [1.54, 1.807) is 13.0 Å². The molecule has 2 saturated heterocycles. The number of carbonyl (C=O) groups is 3. The number of amides is 2. The number of hydrogen-bond donors (Lipinski definition) is 2. The van der Waals surface area contributed by atoms with Crippen LogP contribution in [0.15, 0.2) is 23.5 Å². The van der Waals surface area contributed by atoms with Gasteiger partial charge in [0.1, 0.15) is 23.6 Å². The molecule has 0 bridgehead atoms. The van der Waals surface area contributed by atoms with Gasteiger partial charge in [-0.05, 0) is 49.9 Å². The molecule has 8 nitrogen and oxygen atoms in total. The summed E-state index contributed by atoms with van der Waals surface area (Å²) in [6.07, 6.45) is 3.11. The van der Waals surface area contributed by atoms with E-state index < -0.39 is 38.2 Å². The average Bonchev–Trinajstić information content (AvgIpc) is 3.01. The highest BCUT2D eigenvalue weighted by Gasteiger charge is 2.53. The molecule has 5 atom stereocenters. The second-order valence-electron chi connectivity index (χ2n) is 11.6. The highest BCUT2D eigenvalue weighted by molar-refractivity contribution is 6.74. The van der Waals surface area contributed by atoms with Gasteiger partial charge >= 0.3 is 0 Å². The number of nitrogens with one attached hydrogen (secondary N) is 1. The first-order chi connectivity index (χ1) is 16.0. The molecular weight excluding hydrogens is 464 g/mol. The van der Waals surface area contributed by atoms with Crippen molar-refractivity contribution in [3.63, 3.8) is 0 Å². The Morgan fingerprint density at radius 2 is 1.83 bits per heavy atom. The molecule has 2 heterocycles. The van der Waals surface area contributed by atoms with Crippen molar-refractivity contribution in [1.29, 1.82) is 0 Å². The number of ether oxygens (including phenoxy) is 1. The molecule has 0 aromatic carbocycles. The third kappa shape index (κ3) is 6.24. The quantitative estimate of drug-likeness (QED) is 0.232. The number of Topliss-reactive ketones (excluding diaryl/α,β-unsaturated/α-hetero) is 1. The first-order valence-electron chi connectivity index (χ1n) is 12.6. The minimum absolute atomic E-state index is 0.0513. The van der Waals surface area contributed by atoms with Crippen molar-refractivity contribution in [2.24, 2.45) is 11.8 Å². The first-order valence-corrected chi connectivity index (χ1v) is 15.5. The van der Waals surface area contributed by atoms with Gasteiger partial charge in [0.2, 0.25) is 5.91 Å². The first kappa shape index (κ1) is 29.3. The average molecular weight is 509 g/mol. The van der Waals surface area contributed by atoms with Crippen LogP contribution in [0.2, 0.25) is 18.1 Å². The fourth-order valence-electron chi connectivity index (χ4n) is 4.25. The molecule has 35 heavy (non-hydrogen) atoms. The maximum atomic E-state index is 13.5. The van der Waals surface area contributed by atoms with Crippen LogP contribution in [-0.4, -0.2) is 67.4 Å². The molecule has 2 rings (SSSR count). The molecule has 2 fully saturated rings. The van der Waals surface area contributed by atoms with E-state index >= 15 is 0 Å². The van der Waals surface area contributed by atoms with Gasteiger partial charge in [0.25, 0.3) is 5.91 Å². The zero-order valence-electron chi connectivity index (χ0n) is 23.0. The molecule has 0 saturated carbocycles. The van der Waals surface area contributed by atoms with Crippen molar-refractivity contribution in [3.8, 4) is 0 Å². The molecule has 5 unspecified atom stereocenters. The van der Waals surface area contributed by atoms with E-state index in [1.807, 2.05) is 20.8 Å². The summed E-state index contributed by atoms with van der Waals surface area (Å²) in [5.74, 6) is -2.59. The molecule has 198 valence electrons. The summed E-state index contributed by atoms with van der Waals surface area (Å²) in [5, 5.41) is 13.2. The number of rotatable bonds is 7. The summed E-state index contributed by atoms with van der Waals surface area (Å²) in [4.78, 5) is 40.7. The summed E-state index contributed by atoms with van der Waals surface area (Å²) < 4.78 is 12.9. The molecule has 0 aromatic heterocycles. The van der Waals surface area contributed by atoms with Gasteiger partial charge in [0.15, 0.2) is 14.1 Å². The van der Waals surface area contributed by atoms with Gasteiger partial charge in [-0.1, -0.05) is 47.6 Å². The Morgan fingerprint density at radius 3 is 2.31 bits per heavy atom. The van der Waals surface area contributed by atoms with Crippen molar-refractivity contribution in [2.75, 3.05) is 7.05 Å². The summed E-state index contributed by atoms with van der Waals surface area (Å²) in [6.45, 7) is 18.3. The van der Waals surface area contributed by atoms with E-state index in [-0.39, 0.29) is 40.4 Å². The zero-order valence-corrected chi connectivity index (χ0v) is 24.0. The fraction of sp³-hybridized carbons (Fsp3) is 0.731.